The molecule has 1 unspecified atom stereocenters. The minimum atomic E-state index is -4.70. The highest BCUT2D eigenvalue weighted by Gasteiger charge is 2.44. The Kier molecular flexibility index (Phi) is 7.45. The van der Waals surface area contributed by atoms with E-state index in [1.165, 1.54) is 42.5 Å². The molecule has 36 heavy (non-hydrogen) atoms. The highest BCUT2D eigenvalue weighted by Crippen LogP contribution is 2.53. The Bertz CT molecular complexity index is 1220. The summed E-state index contributed by atoms with van der Waals surface area (Å²) < 4.78 is 55.3. The molecular weight excluding hydrogens is 471 g/mol. The maximum Gasteiger partial charge on any atom is 0.417 e. The topological polar surface area (TPSA) is 62.2 Å². The van der Waals surface area contributed by atoms with Gasteiger partial charge in [0.2, 0.25) is 0 Å². The third-order valence-electron chi connectivity index (χ3n) is 5.92. The first kappa shape index (κ1) is 25.4. The summed E-state index contributed by atoms with van der Waals surface area (Å²) in [6, 6.07) is 15.9. The second-order valence-electron chi connectivity index (χ2n) is 8.94. The molecular formula is C28H28F3NO4. The Morgan fingerprint density at radius 1 is 0.889 bits per heavy atom. The summed E-state index contributed by atoms with van der Waals surface area (Å²) in [6.45, 7) is 1.50. The zero-order valence-electron chi connectivity index (χ0n) is 20.0. The lowest BCUT2D eigenvalue weighted by Crippen LogP contribution is -2.23. The van der Waals surface area contributed by atoms with Crippen molar-refractivity contribution in [1.82, 2.24) is 4.90 Å². The number of aromatic hydroxyl groups is 2. The zero-order valence-corrected chi connectivity index (χ0v) is 20.0. The van der Waals surface area contributed by atoms with Gasteiger partial charge < -0.3 is 24.6 Å². The van der Waals surface area contributed by atoms with Crippen molar-refractivity contribution in [2.24, 2.45) is 0 Å². The Labute approximate surface area is 208 Å². The number of phenolic OH excluding ortho intramolecular Hbond substituents is 2. The van der Waals surface area contributed by atoms with Crippen LogP contribution in [-0.2, 0) is 0 Å². The predicted octanol–water partition coefficient (Wildman–Crippen LogP) is 6.43. The molecule has 0 radical (unpaired) electrons. The monoisotopic (exact) mass is 499 g/mol. The van der Waals surface area contributed by atoms with Crippen LogP contribution in [0.25, 0.3) is 11.1 Å². The maximum atomic E-state index is 14.5. The molecule has 4 rings (SSSR count). The van der Waals surface area contributed by atoms with Crippen LogP contribution < -0.4 is 9.47 Å². The van der Waals surface area contributed by atoms with Crippen molar-refractivity contribution in [1.29, 1.82) is 0 Å². The average Bonchev–Trinajstić information content (AvgIpc) is 2.83. The van der Waals surface area contributed by atoms with Crippen LogP contribution in [-0.4, -0.2) is 48.5 Å². The van der Waals surface area contributed by atoms with E-state index in [-0.39, 0.29) is 33.9 Å². The van der Waals surface area contributed by atoms with Gasteiger partial charge in [0, 0.05) is 17.2 Å². The number of phenols is 2. The fourth-order valence-electron chi connectivity index (χ4n) is 4.21. The number of fused-ring (bicyclic) bond motifs is 1. The normalized spacial score (nSPS) is 15.6. The first-order valence-electron chi connectivity index (χ1n) is 11.6. The zero-order chi connectivity index (χ0) is 25.9. The van der Waals surface area contributed by atoms with Crippen LogP contribution in [0.1, 0.15) is 35.6 Å². The van der Waals surface area contributed by atoms with E-state index in [1.54, 1.807) is 24.3 Å². The van der Waals surface area contributed by atoms with Crippen LogP contribution in [0.5, 0.6) is 23.0 Å². The molecule has 1 atom stereocenters. The first-order valence-corrected chi connectivity index (χ1v) is 11.6. The second kappa shape index (κ2) is 10.5. The van der Waals surface area contributed by atoms with Gasteiger partial charge in [-0.15, -0.1) is 0 Å². The highest BCUT2D eigenvalue weighted by atomic mass is 19.4. The van der Waals surface area contributed by atoms with Crippen molar-refractivity contribution >= 4 is 11.1 Å². The first-order chi connectivity index (χ1) is 17.1. The fraction of sp³-hybridized carbons (Fsp3) is 0.286. The number of unbranched alkanes of at least 4 members (excludes halogenated alkanes) is 1. The molecule has 2 N–H and O–H groups in total. The number of ether oxygens (including phenoxy) is 2. The number of nitrogens with zero attached hydrogens (tertiary/aromatic N) is 1. The van der Waals surface area contributed by atoms with Crippen molar-refractivity contribution in [2.45, 2.75) is 25.1 Å². The van der Waals surface area contributed by atoms with Crippen molar-refractivity contribution in [3.8, 4) is 23.0 Å². The van der Waals surface area contributed by atoms with E-state index in [0.29, 0.717) is 17.9 Å². The van der Waals surface area contributed by atoms with Crippen LogP contribution in [0.15, 0.2) is 66.7 Å². The summed E-state index contributed by atoms with van der Waals surface area (Å²) in [5, 5.41) is 19.6. The Hall–Kier alpha value is -3.65. The molecule has 0 saturated carbocycles. The van der Waals surface area contributed by atoms with Gasteiger partial charge in [-0.25, -0.2) is 0 Å². The van der Waals surface area contributed by atoms with E-state index in [4.69, 9.17) is 9.47 Å². The van der Waals surface area contributed by atoms with E-state index < -0.39 is 17.9 Å². The molecule has 1 aliphatic heterocycles. The minimum absolute atomic E-state index is 0.0569. The van der Waals surface area contributed by atoms with E-state index in [1.807, 2.05) is 14.1 Å². The van der Waals surface area contributed by atoms with Gasteiger partial charge in [0.1, 0.15) is 23.0 Å². The van der Waals surface area contributed by atoms with Gasteiger partial charge in [-0.2, -0.15) is 13.2 Å². The van der Waals surface area contributed by atoms with Crippen LogP contribution >= 0.6 is 0 Å². The van der Waals surface area contributed by atoms with Crippen LogP contribution in [0, 0.1) is 0 Å². The molecule has 0 saturated heterocycles. The van der Waals surface area contributed by atoms with Gasteiger partial charge in [0.05, 0.1) is 12.2 Å². The number of rotatable bonds is 8. The quantitative estimate of drug-likeness (QED) is 0.350. The number of alkyl halides is 3. The number of halogens is 3. The summed E-state index contributed by atoms with van der Waals surface area (Å²) >= 11 is 0. The van der Waals surface area contributed by atoms with Crippen molar-refractivity contribution < 1.29 is 32.9 Å². The lowest BCUT2D eigenvalue weighted by atomic mass is 9.85. The number of benzene rings is 3. The largest absolute Gasteiger partial charge is 0.508 e. The molecule has 0 aromatic heterocycles. The van der Waals surface area contributed by atoms with Crippen LogP contribution in [0.3, 0.4) is 0 Å². The van der Waals surface area contributed by atoms with Gasteiger partial charge in [0.15, 0.2) is 6.10 Å². The summed E-state index contributed by atoms with van der Waals surface area (Å²) in [5.74, 6) is 0.304. The molecule has 0 spiro atoms. The lowest BCUT2D eigenvalue weighted by Gasteiger charge is -2.33. The molecule has 3 aromatic rings. The molecule has 0 aliphatic carbocycles. The van der Waals surface area contributed by atoms with Crippen molar-refractivity contribution in [3.05, 3.63) is 83.4 Å². The van der Waals surface area contributed by atoms with Crippen molar-refractivity contribution in [3.63, 3.8) is 0 Å². The molecule has 0 bridgehead atoms. The van der Waals surface area contributed by atoms with E-state index in [0.717, 1.165) is 19.4 Å². The van der Waals surface area contributed by atoms with Gasteiger partial charge in [-0.3, -0.25) is 0 Å². The maximum absolute atomic E-state index is 14.5. The van der Waals surface area contributed by atoms with Gasteiger partial charge in [0.25, 0.3) is 0 Å². The number of hydrogen-bond acceptors (Lipinski definition) is 5. The van der Waals surface area contributed by atoms with Crippen LogP contribution in [0.2, 0.25) is 0 Å². The minimum Gasteiger partial charge on any atom is -0.508 e. The third kappa shape index (κ3) is 5.76. The summed E-state index contributed by atoms with van der Waals surface area (Å²) in [7, 11) is 4.02. The SMILES string of the molecule is CN(C)CCCCOc1ccc(C2Oc3cc(O)ccc3C(C(F)(F)F)=C2c2ccc(O)cc2)cc1. The summed E-state index contributed by atoms with van der Waals surface area (Å²) in [4.78, 5) is 2.10. The van der Waals surface area contributed by atoms with Crippen LogP contribution in [0.4, 0.5) is 13.2 Å². The van der Waals surface area contributed by atoms with Gasteiger partial charge in [-0.1, -0.05) is 24.3 Å². The molecule has 1 heterocycles. The smallest absolute Gasteiger partial charge is 0.417 e. The van der Waals surface area contributed by atoms with Gasteiger partial charge in [-0.05, 0) is 81.0 Å². The molecule has 0 fully saturated rings. The lowest BCUT2D eigenvalue weighted by molar-refractivity contribution is -0.0695. The highest BCUT2D eigenvalue weighted by molar-refractivity contribution is 5.98. The molecule has 8 heteroatoms. The molecule has 190 valence electrons. The molecule has 0 amide bonds. The molecule has 3 aromatic carbocycles. The third-order valence-corrected chi connectivity index (χ3v) is 5.92. The molecule has 5 nitrogen and oxygen atoms in total. The Balaban J connectivity index is 1.71. The van der Waals surface area contributed by atoms with E-state index >= 15 is 0 Å². The summed E-state index contributed by atoms with van der Waals surface area (Å²) in [5.41, 5.74) is -0.310. The average molecular weight is 500 g/mol. The Morgan fingerprint density at radius 2 is 1.56 bits per heavy atom. The predicted molar refractivity (Wildman–Crippen MR) is 132 cm³/mol. The Morgan fingerprint density at radius 3 is 2.19 bits per heavy atom. The number of hydrogen-bond donors (Lipinski definition) is 2. The van der Waals surface area contributed by atoms with E-state index in [9.17, 15) is 23.4 Å². The van der Waals surface area contributed by atoms with Gasteiger partial charge >= 0.3 is 6.18 Å². The van der Waals surface area contributed by atoms with Crippen molar-refractivity contribution in [2.75, 3.05) is 27.2 Å². The number of allylic oxidation sites excluding steroid dienone is 1. The fourth-order valence-corrected chi connectivity index (χ4v) is 4.21. The molecule has 1 aliphatic rings. The summed E-state index contributed by atoms with van der Waals surface area (Å²) in [6.07, 6.45) is -3.92. The van der Waals surface area contributed by atoms with E-state index in [2.05, 4.69) is 4.90 Å². The standard InChI is InChI=1S/C28H28F3NO4/c1-32(2)15-3-4-16-35-22-12-7-19(8-13-22)27-25(18-5-9-20(33)10-6-18)26(28(29,30)31)23-14-11-21(34)17-24(23)36-27/h5-14,17,27,33-34H,3-4,15-16H2,1-2H3. The second-order valence-corrected chi connectivity index (χ2v) is 8.94.